The minimum absolute atomic E-state index is 0.0578. The maximum atomic E-state index is 12.7. The van der Waals surface area contributed by atoms with Crippen LogP contribution >= 0.6 is 0 Å². The van der Waals surface area contributed by atoms with E-state index >= 15 is 0 Å². The number of benzene rings is 1. The molecule has 1 aliphatic heterocycles. The topological polar surface area (TPSA) is 47.6 Å². The highest BCUT2D eigenvalue weighted by Gasteiger charge is 2.15. The summed E-state index contributed by atoms with van der Waals surface area (Å²) in [6, 6.07) is 5.74. The van der Waals surface area contributed by atoms with Crippen LogP contribution in [0, 0.1) is 5.82 Å². The molecule has 0 aromatic heterocycles. The Morgan fingerprint density at radius 1 is 1.42 bits per heavy atom. The molecule has 2 rings (SSSR count). The number of carbonyl (C=O) groups is 1. The molecule has 0 aliphatic carbocycles. The quantitative estimate of drug-likeness (QED) is 0.856. The normalized spacial score (nSPS) is 18.3. The number of nitrogens with one attached hydrogen (secondary N) is 1. The molecule has 104 valence electrons. The SMILES string of the molecule is O=C(CCOc1ccc(F)cc1)NC[C@H]1CCCO1. The van der Waals surface area contributed by atoms with Gasteiger partial charge in [0.05, 0.1) is 19.1 Å². The van der Waals surface area contributed by atoms with Crippen molar-refractivity contribution in [3.63, 3.8) is 0 Å². The molecule has 5 heteroatoms. The average molecular weight is 267 g/mol. The van der Waals surface area contributed by atoms with Crippen molar-refractivity contribution in [3.05, 3.63) is 30.1 Å². The lowest BCUT2D eigenvalue weighted by molar-refractivity contribution is -0.122. The van der Waals surface area contributed by atoms with Crippen molar-refractivity contribution in [1.82, 2.24) is 5.32 Å². The zero-order valence-corrected chi connectivity index (χ0v) is 10.7. The van der Waals surface area contributed by atoms with Gasteiger partial charge in [-0.05, 0) is 37.1 Å². The molecule has 1 fully saturated rings. The maximum absolute atomic E-state index is 12.7. The fraction of sp³-hybridized carbons (Fsp3) is 0.500. The van der Waals surface area contributed by atoms with Crippen LogP contribution < -0.4 is 10.1 Å². The largest absolute Gasteiger partial charge is 0.493 e. The molecule has 1 heterocycles. The van der Waals surface area contributed by atoms with E-state index in [9.17, 15) is 9.18 Å². The van der Waals surface area contributed by atoms with Crippen molar-refractivity contribution >= 4 is 5.91 Å². The molecule has 0 spiro atoms. The zero-order valence-electron chi connectivity index (χ0n) is 10.7. The van der Waals surface area contributed by atoms with Gasteiger partial charge in [-0.15, -0.1) is 0 Å². The molecule has 1 saturated heterocycles. The molecule has 0 radical (unpaired) electrons. The van der Waals surface area contributed by atoms with Gasteiger partial charge in [0.15, 0.2) is 0 Å². The molecule has 1 atom stereocenters. The lowest BCUT2D eigenvalue weighted by Gasteiger charge is -2.11. The van der Waals surface area contributed by atoms with Gasteiger partial charge in [-0.1, -0.05) is 0 Å². The summed E-state index contributed by atoms with van der Waals surface area (Å²) < 4.78 is 23.4. The van der Waals surface area contributed by atoms with E-state index in [0.717, 1.165) is 19.4 Å². The molecule has 1 aromatic rings. The summed E-state index contributed by atoms with van der Waals surface area (Å²) in [5.41, 5.74) is 0. The van der Waals surface area contributed by atoms with E-state index in [1.165, 1.54) is 12.1 Å². The lowest BCUT2D eigenvalue weighted by atomic mass is 10.2. The second kappa shape index (κ2) is 7.09. The summed E-state index contributed by atoms with van der Waals surface area (Å²) in [6.45, 7) is 1.63. The second-order valence-electron chi connectivity index (χ2n) is 4.49. The Hall–Kier alpha value is -1.62. The van der Waals surface area contributed by atoms with Gasteiger partial charge in [-0.25, -0.2) is 4.39 Å². The number of hydrogen-bond donors (Lipinski definition) is 1. The fourth-order valence-electron chi connectivity index (χ4n) is 1.91. The minimum atomic E-state index is -0.304. The molecule has 1 amide bonds. The lowest BCUT2D eigenvalue weighted by Crippen LogP contribution is -2.32. The molecular weight excluding hydrogens is 249 g/mol. The van der Waals surface area contributed by atoms with Crippen molar-refractivity contribution in [2.24, 2.45) is 0 Å². The highest BCUT2D eigenvalue weighted by atomic mass is 19.1. The van der Waals surface area contributed by atoms with Gasteiger partial charge in [0.2, 0.25) is 5.91 Å². The highest BCUT2D eigenvalue weighted by Crippen LogP contribution is 2.12. The van der Waals surface area contributed by atoms with Gasteiger partial charge in [0.1, 0.15) is 11.6 Å². The van der Waals surface area contributed by atoms with E-state index in [1.54, 1.807) is 12.1 Å². The van der Waals surface area contributed by atoms with E-state index in [-0.39, 0.29) is 30.9 Å². The van der Waals surface area contributed by atoms with Crippen molar-refractivity contribution in [2.75, 3.05) is 19.8 Å². The Labute approximate surface area is 111 Å². The van der Waals surface area contributed by atoms with E-state index in [2.05, 4.69) is 5.32 Å². The molecule has 0 unspecified atom stereocenters. The first-order valence-electron chi connectivity index (χ1n) is 6.51. The van der Waals surface area contributed by atoms with Crippen molar-refractivity contribution < 1.29 is 18.7 Å². The molecule has 1 aliphatic rings. The third kappa shape index (κ3) is 4.87. The monoisotopic (exact) mass is 267 g/mol. The first-order chi connectivity index (χ1) is 9.24. The van der Waals surface area contributed by atoms with Crippen LogP contribution in [-0.4, -0.2) is 31.8 Å². The van der Waals surface area contributed by atoms with Gasteiger partial charge in [0, 0.05) is 13.2 Å². The molecular formula is C14H18FNO3. The van der Waals surface area contributed by atoms with Crippen LogP contribution in [0.15, 0.2) is 24.3 Å². The van der Waals surface area contributed by atoms with Gasteiger partial charge in [-0.2, -0.15) is 0 Å². The number of ether oxygens (including phenoxy) is 2. The van der Waals surface area contributed by atoms with Crippen LogP contribution in [0.25, 0.3) is 0 Å². The van der Waals surface area contributed by atoms with Crippen molar-refractivity contribution in [1.29, 1.82) is 0 Å². The standard InChI is InChI=1S/C14H18FNO3/c15-11-3-5-12(6-4-11)19-9-7-14(17)16-10-13-2-1-8-18-13/h3-6,13H,1-2,7-10H2,(H,16,17)/t13-/m1/s1. The fourth-order valence-corrected chi connectivity index (χ4v) is 1.91. The van der Waals surface area contributed by atoms with Crippen LogP contribution in [0.1, 0.15) is 19.3 Å². The molecule has 4 nitrogen and oxygen atoms in total. The van der Waals surface area contributed by atoms with Gasteiger partial charge < -0.3 is 14.8 Å². The summed E-state index contributed by atoms with van der Waals surface area (Å²) in [4.78, 5) is 11.5. The Kier molecular flexibility index (Phi) is 5.15. The van der Waals surface area contributed by atoms with Crippen molar-refractivity contribution in [3.8, 4) is 5.75 Å². The van der Waals surface area contributed by atoms with Crippen LogP contribution in [0.3, 0.4) is 0 Å². The number of hydrogen-bond acceptors (Lipinski definition) is 3. The minimum Gasteiger partial charge on any atom is -0.493 e. The van der Waals surface area contributed by atoms with E-state index < -0.39 is 0 Å². The van der Waals surface area contributed by atoms with Crippen molar-refractivity contribution in [2.45, 2.75) is 25.4 Å². The van der Waals surface area contributed by atoms with E-state index in [0.29, 0.717) is 12.3 Å². The molecule has 1 aromatic carbocycles. The first kappa shape index (κ1) is 13.8. The Morgan fingerprint density at radius 2 is 2.21 bits per heavy atom. The summed E-state index contributed by atoms with van der Waals surface area (Å²) in [7, 11) is 0. The van der Waals surface area contributed by atoms with Crippen LogP contribution in [0.2, 0.25) is 0 Å². The summed E-state index contributed by atoms with van der Waals surface area (Å²) in [6.07, 6.45) is 2.51. The summed E-state index contributed by atoms with van der Waals surface area (Å²) in [5, 5.41) is 2.82. The third-order valence-electron chi connectivity index (χ3n) is 2.96. The van der Waals surface area contributed by atoms with E-state index in [1.807, 2.05) is 0 Å². The van der Waals surface area contributed by atoms with Crippen LogP contribution in [0.5, 0.6) is 5.75 Å². The molecule has 1 N–H and O–H groups in total. The van der Waals surface area contributed by atoms with E-state index in [4.69, 9.17) is 9.47 Å². The van der Waals surface area contributed by atoms with Gasteiger partial charge >= 0.3 is 0 Å². The number of halogens is 1. The summed E-state index contributed by atoms with van der Waals surface area (Å²) in [5.74, 6) is 0.201. The van der Waals surface area contributed by atoms with Crippen LogP contribution in [-0.2, 0) is 9.53 Å². The number of carbonyl (C=O) groups excluding carboxylic acids is 1. The van der Waals surface area contributed by atoms with Crippen LogP contribution in [0.4, 0.5) is 4.39 Å². The van der Waals surface area contributed by atoms with Gasteiger partial charge in [0.25, 0.3) is 0 Å². The number of amides is 1. The Bertz CT molecular complexity index is 402. The van der Waals surface area contributed by atoms with Gasteiger partial charge in [-0.3, -0.25) is 4.79 Å². The smallest absolute Gasteiger partial charge is 0.223 e. The zero-order chi connectivity index (χ0) is 13.5. The Balaban J connectivity index is 1.59. The predicted octanol–water partition coefficient (Wildman–Crippen LogP) is 1.89. The third-order valence-corrected chi connectivity index (χ3v) is 2.96. The molecule has 0 saturated carbocycles. The molecule has 0 bridgehead atoms. The Morgan fingerprint density at radius 3 is 2.89 bits per heavy atom. The predicted molar refractivity (Wildman–Crippen MR) is 68.5 cm³/mol. The first-order valence-corrected chi connectivity index (χ1v) is 6.51. The highest BCUT2D eigenvalue weighted by molar-refractivity contribution is 5.76. The maximum Gasteiger partial charge on any atom is 0.223 e. The summed E-state index contributed by atoms with van der Waals surface area (Å²) >= 11 is 0. The molecule has 19 heavy (non-hydrogen) atoms. The average Bonchev–Trinajstić information content (AvgIpc) is 2.92. The number of rotatable bonds is 6. The second-order valence-corrected chi connectivity index (χ2v) is 4.49.